The van der Waals surface area contributed by atoms with Crippen LogP contribution in [-0.2, 0) is 7.05 Å². The largest absolute Gasteiger partial charge is 0.441 e. The molecule has 0 atom stereocenters. The van der Waals surface area contributed by atoms with Gasteiger partial charge in [0.25, 0.3) is 0 Å². The number of rotatable bonds is 4. The van der Waals surface area contributed by atoms with Crippen LogP contribution in [-0.4, -0.2) is 27.6 Å². The van der Waals surface area contributed by atoms with Crippen LogP contribution >= 0.6 is 11.8 Å². The molecule has 0 saturated heterocycles. The van der Waals surface area contributed by atoms with Crippen LogP contribution in [0.25, 0.3) is 0 Å². The number of aromatic nitrogens is 2. The second kappa shape index (κ2) is 4.78. The number of nitrogens with one attached hydrogen (secondary N) is 1. The number of hydrogen-bond donors (Lipinski definition) is 1. The number of hydrogen-bond acceptors (Lipinski definition) is 3. The molecule has 0 aliphatic carbocycles. The van der Waals surface area contributed by atoms with Gasteiger partial charge in [-0.1, -0.05) is 0 Å². The number of alkyl halides is 3. The van der Waals surface area contributed by atoms with Gasteiger partial charge in [0, 0.05) is 25.5 Å². The summed E-state index contributed by atoms with van der Waals surface area (Å²) in [6, 6.07) is 0. The Labute approximate surface area is 90.0 Å². The Morgan fingerprint density at radius 3 is 2.67 bits per heavy atom. The van der Waals surface area contributed by atoms with Crippen molar-refractivity contribution >= 4 is 17.4 Å². The van der Waals surface area contributed by atoms with Gasteiger partial charge in [0.2, 0.25) is 0 Å². The van der Waals surface area contributed by atoms with Crippen molar-refractivity contribution < 1.29 is 13.2 Å². The summed E-state index contributed by atoms with van der Waals surface area (Å²) in [6.07, 6.45) is 1.74. The molecule has 1 heterocycles. The molecule has 7 heteroatoms. The molecule has 1 N–H and O–H groups in total. The summed E-state index contributed by atoms with van der Waals surface area (Å²) in [5.74, 6) is -0.00215. The van der Waals surface area contributed by atoms with E-state index < -0.39 is 5.51 Å². The van der Waals surface area contributed by atoms with E-state index in [0.717, 1.165) is 11.4 Å². The second-order valence-corrected chi connectivity index (χ2v) is 4.18. The summed E-state index contributed by atoms with van der Waals surface area (Å²) in [6.45, 7) is 2.08. The van der Waals surface area contributed by atoms with E-state index in [1.54, 1.807) is 24.9 Å². The third-order valence-corrected chi connectivity index (χ3v) is 2.43. The normalized spacial score (nSPS) is 11.8. The van der Waals surface area contributed by atoms with E-state index in [2.05, 4.69) is 10.4 Å². The molecule has 0 aromatic carbocycles. The highest BCUT2D eigenvalue weighted by atomic mass is 32.2. The first kappa shape index (κ1) is 12.2. The monoisotopic (exact) mass is 239 g/mol. The van der Waals surface area contributed by atoms with E-state index in [-0.39, 0.29) is 24.1 Å². The Morgan fingerprint density at radius 2 is 2.20 bits per heavy atom. The molecule has 15 heavy (non-hydrogen) atoms. The molecule has 0 aliphatic rings. The highest BCUT2D eigenvalue weighted by molar-refractivity contribution is 8.00. The first-order valence-electron chi connectivity index (χ1n) is 4.33. The van der Waals surface area contributed by atoms with Crippen LogP contribution in [0.3, 0.4) is 0 Å². The highest BCUT2D eigenvalue weighted by Gasteiger charge is 2.27. The molecule has 3 nitrogen and oxygen atoms in total. The molecule has 0 unspecified atom stereocenters. The molecule has 1 aromatic heterocycles. The lowest BCUT2D eigenvalue weighted by Gasteiger charge is -2.06. The SMILES string of the molecule is Cc1nn(C)cc1NCCSC(F)(F)F. The minimum absolute atomic E-state index is 0.00215. The van der Waals surface area contributed by atoms with E-state index in [9.17, 15) is 13.2 Å². The van der Waals surface area contributed by atoms with Gasteiger partial charge in [-0.05, 0) is 18.7 Å². The smallest absolute Gasteiger partial charge is 0.381 e. The number of halogens is 3. The number of nitrogens with zero attached hydrogens (tertiary/aromatic N) is 2. The van der Waals surface area contributed by atoms with Gasteiger partial charge in [0.1, 0.15) is 0 Å². The van der Waals surface area contributed by atoms with Gasteiger partial charge in [0.15, 0.2) is 0 Å². The zero-order valence-electron chi connectivity index (χ0n) is 8.43. The minimum Gasteiger partial charge on any atom is -0.381 e. The molecule has 1 aromatic rings. The molecule has 0 amide bonds. The molecule has 0 fully saturated rings. The summed E-state index contributed by atoms with van der Waals surface area (Å²) >= 11 is -0.0242. The molecule has 0 spiro atoms. The summed E-state index contributed by atoms with van der Waals surface area (Å²) in [5, 5.41) is 6.97. The number of anilines is 1. The average molecular weight is 239 g/mol. The van der Waals surface area contributed by atoms with Crippen molar-refractivity contribution in [3.8, 4) is 0 Å². The van der Waals surface area contributed by atoms with Crippen LogP contribution in [0.2, 0.25) is 0 Å². The average Bonchev–Trinajstić information content (AvgIpc) is 2.37. The molecule has 86 valence electrons. The topological polar surface area (TPSA) is 29.9 Å². The summed E-state index contributed by atoms with van der Waals surface area (Å²) in [7, 11) is 1.77. The van der Waals surface area contributed by atoms with Gasteiger partial charge >= 0.3 is 5.51 Å². The minimum atomic E-state index is -4.15. The van der Waals surface area contributed by atoms with Crippen LogP contribution in [0.1, 0.15) is 5.69 Å². The summed E-state index contributed by atoms with van der Waals surface area (Å²) in [5.41, 5.74) is -2.58. The second-order valence-electron chi connectivity index (χ2n) is 3.02. The molecule has 0 saturated carbocycles. The lowest BCUT2D eigenvalue weighted by atomic mass is 10.4. The van der Waals surface area contributed by atoms with Crippen molar-refractivity contribution in [1.29, 1.82) is 0 Å². The van der Waals surface area contributed by atoms with Gasteiger partial charge in [-0.15, -0.1) is 0 Å². The fourth-order valence-electron chi connectivity index (χ4n) is 1.13. The van der Waals surface area contributed by atoms with Crippen LogP contribution in [0, 0.1) is 6.92 Å². The maximum atomic E-state index is 11.8. The molecule has 1 rings (SSSR count). The molecular formula is C8H12F3N3S. The predicted molar refractivity (Wildman–Crippen MR) is 54.9 cm³/mol. The van der Waals surface area contributed by atoms with E-state index in [1.165, 1.54) is 0 Å². The Morgan fingerprint density at radius 1 is 1.53 bits per heavy atom. The molecular weight excluding hydrogens is 227 g/mol. The van der Waals surface area contributed by atoms with E-state index >= 15 is 0 Å². The molecule has 0 aliphatic heterocycles. The van der Waals surface area contributed by atoms with Crippen LogP contribution < -0.4 is 5.32 Å². The lowest BCUT2D eigenvalue weighted by Crippen LogP contribution is -2.09. The van der Waals surface area contributed by atoms with Gasteiger partial charge in [-0.25, -0.2) is 0 Å². The zero-order chi connectivity index (χ0) is 11.5. The summed E-state index contributed by atoms with van der Waals surface area (Å²) in [4.78, 5) is 0. The van der Waals surface area contributed by atoms with Gasteiger partial charge < -0.3 is 5.32 Å². The van der Waals surface area contributed by atoms with E-state index in [1.807, 2.05) is 0 Å². The Kier molecular flexibility index (Phi) is 3.90. The van der Waals surface area contributed by atoms with Crippen molar-refractivity contribution in [2.75, 3.05) is 17.6 Å². The van der Waals surface area contributed by atoms with Crippen molar-refractivity contribution in [3.05, 3.63) is 11.9 Å². The lowest BCUT2D eigenvalue weighted by molar-refractivity contribution is -0.0327. The first-order valence-corrected chi connectivity index (χ1v) is 5.32. The van der Waals surface area contributed by atoms with E-state index in [0.29, 0.717) is 0 Å². The third kappa shape index (κ3) is 4.46. The van der Waals surface area contributed by atoms with Crippen LogP contribution in [0.4, 0.5) is 18.9 Å². The van der Waals surface area contributed by atoms with E-state index in [4.69, 9.17) is 0 Å². The maximum Gasteiger partial charge on any atom is 0.441 e. The Bertz CT molecular complexity index is 321. The predicted octanol–water partition coefficient (Wildman–Crippen LogP) is 2.39. The first-order chi connectivity index (χ1) is 6.88. The number of thioether (sulfide) groups is 1. The number of aryl methyl sites for hydroxylation is 2. The quantitative estimate of drug-likeness (QED) is 0.818. The highest BCUT2D eigenvalue weighted by Crippen LogP contribution is 2.29. The fraction of sp³-hybridized carbons (Fsp3) is 0.625. The zero-order valence-corrected chi connectivity index (χ0v) is 9.24. The van der Waals surface area contributed by atoms with Crippen LogP contribution in [0.5, 0.6) is 0 Å². The van der Waals surface area contributed by atoms with Gasteiger partial charge in [-0.3, -0.25) is 4.68 Å². The summed E-state index contributed by atoms with van der Waals surface area (Å²) < 4.78 is 37.0. The van der Waals surface area contributed by atoms with Crippen molar-refractivity contribution in [1.82, 2.24) is 9.78 Å². The van der Waals surface area contributed by atoms with Gasteiger partial charge in [-0.2, -0.15) is 18.3 Å². The van der Waals surface area contributed by atoms with Crippen molar-refractivity contribution in [2.45, 2.75) is 12.4 Å². The Hall–Kier alpha value is -0.850. The molecule has 0 bridgehead atoms. The van der Waals surface area contributed by atoms with Crippen molar-refractivity contribution in [3.63, 3.8) is 0 Å². The third-order valence-electron chi connectivity index (χ3n) is 1.70. The molecule has 0 radical (unpaired) electrons. The Balaban J connectivity index is 2.29. The standard InChI is InChI=1S/C8H12F3N3S/c1-6-7(5-14(2)13-6)12-3-4-15-8(9,10)11/h5,12H,3-4H2,1-2H3. The maximum absolute atomic E-state index is 11.8. The van der Waals surface area contributed by atoms with Crippen molar-refractivity contribution in [2.24, 2.45) is 7.05 Å². The fourth-order valence-corrected chi connectivity index (χ4v) is 1.56. The van der Waals surface area contributed by atoms with Gasteiger partial charge in [0.05, 0.1) is 11.4 Å². The van der Waals surface area contributed by atoms with Crippen LogP contribution in [0.15, 0.2) is 6.20 Å².